The third-order valence-corrected chi connectivity index (χ3v) is 5.65. The smallest absolute Gasteiger partial charge is 0.191 e. The molecule has 0 saturated heterocycles. The number of hydrogen-bond acceptors (Lipinski definition) is 4. The molecule has 2 N–H and O–H groups in total. The Morgan fingerprint density at radius 2 is 2.08 bits per heavy atom. The highest BCUT2D eigenvalue weighted by atomic mass is 32.2. The van der Waals surface area contributed by atoms with Crippen LogP contribution in [0.25, 0.3) is 0 Å². The van der Waals surface area contributed by atoms with Crippen molar-refractivity contribution in [3.63, 3.8) is 0 Å². The van der Waals surface area contributed by atoms with Crippen LogP contribution in [0.5, 0.6) is 11.5 Å². The minimum atomic E-state index is 0.525. The van der Waals surface area contributed by atoms with Crippen LogP contribution in [0.1, 0.15) is 31.2 Å². The van der Waals surface area contributed by atoms with E-state index >= 15 is 0 Å². The summed E-state index contributed by atoms with van der Waals surface area (Å²) in [6.45, 7) is 2.15. The van der Waals surface area contributed by atoms with Gasteiger partial charge in [0.2, 0.25) is 0 Å². The summed E-state index contributed by atoms with van der Waals surface area (Å²) in [5.41, 5.74) is 1.16. The highest BCUT2D eigenvalue weighted by Gasteiger charge is 2.24. The fourth-order valence-electron chi connectivity index (χ4n) is 3.18. The summed E-state index contributed by atoms with van der Waals surface area (Å²) in [5.74, 6) is 2.55. The van der Waals surface area contributed by atoms with Crippen LogP contribution in [0.4, 0.5) is 0 Å². The van der Waals surface area contributed by atoms with Crippen LogP contribution in [0.3, 0.4) is 0 Å². The maximum absolute atomic E-state index is 5.75. The summed E-state index contributed by atoms with van der Waals surface area (Å²) in [5, 5.41) is 7.73. The number of rotatable bonds is 4. The van der Waals surface area contributed by atoms with Crippen molar-refractivity contribution in [3.05, 3.63) is 23.8 Å². The van der Waals surface area contributed by atoms with E-state index in [2.05, 4.69) is 34.0 Å². The quantitative estimate of drug-likeness (QED) is 0.647. The Kier molecular flexibility index (Phi) is 6.12. The van der Waals surface area contributed by atoms with E-state index in [9.17, 15) is 0 Å². The molecule has 1 aliphatic heterocycles. The molecule has 6 heteroatoms. The van der Waals surface area contributed by atoms with Crippen LogP contribution >= 0.6 is 11.8 Å². The fourth-order valence-corrected chi connectivity index (χ4v) is 3.97. The summed E-state index contributed by atoms with van der Waals surface area (Å²) in [6.07, 6.45) is 6.85. The van der Waals surface area contributed by atoms with Crippen LogP contribution in [-0.2, 0) is 6.54 Å². The number of aliphatic imine (C=N–C) groups is 1. The lowest BCUT2D eigenvalue weighted by atomic mass is 10.2. The van der Waals surface area contributed by atoms with E-state index in [1.165, 1.54) is 19.3 Å². The first kappa shape index (κ1) is 17.3. The van der Waals surface area contributed by atoms with Gasteiger partial charge in [-0.1, -0.05) is 6.07 Å². The summed E-state index contributed by atoms with van der Waals surface area (Å²) >= 11 is 1.97. The lowest BCUT2D eigenvalue weighted by Crippen LogP contribution is -2.42. The average Bonchev–Trinajstić information content (AvgIpc) is 2.94. The number of ether oxygens (including phenoxy) is 2. The molecule has 0 aromatic heterocycles. The molecule has 5 nitrogen and oxygen atoms in total. The Labute approximate surface area is 148 Å². The van der Waals surface area contributed by atoms with Gasteiger partial charge in [0.15, 0.2) is 17.5 Å². The lowest BCUT2D eigenvalue weighted by molar-refractivity contribution is 0.297. The summed E-state index contributed by atoms with van der Waals surface area (Å²) in [6, 6.07) is 6.65. The molecule has 3 rings (SSSR count). The molecule has 1 saturated carbocycles. The molecular formula is C18H27N3O2S. The maximum Gasteiger partial charge on any atom is 0.191 e. The van der Waals surface area contributed by atoms with Gasteiger partial charge in [-0.3, -0.25) is 4.99 Å². The van der Waals surface area contributed by atoms with Crippen molar-refractivity contribution in [2.24, 2.45) is 4.99 Å². The molecule has 0 amide bonds. The molecule has 0 bridgehead atoms. The number of benzene rings is 1. The van der Waals surface area contributed by atoms with Crippen LogP contribution in [-0.4, -0.2) is 43.8 Å². The van der Waals surface area contributed by atoms with E-state index in [4.69, 9.17) is 9.47 Å². The van der Waals surface area contributed by atoms with Crippen molar-refractivity contribution in [1.29, 1.82) is 0 Å². The standard InChI is InChI=1S/C18H27N3O2S/c1-19-18(21-14-5-6-15(11-14)24-2)20-12-13-4-7-16-17(10-13)23-9-3-8-22-16/h4,7,10,14-15H,3,5-6,8-9,11-12H2,1-2H3,(H2,19,20,21). The summed E-state index contributed by atoms with van der Waals surface area (Å²) < 4.78 is 11.4. The maximum atomic E-state index is 5.75. The molecule has 2 atom stereocenters. The minimum Gasteiger partial charge on any atom is -0.490 e. The van der Waals surface area contributed by atoms with E-state index in [-0.39, 0.29) is 0 Å². The first-order valence-electron chi connectivity index (χ1n) is 8.67. The average molecular weight is 350 g/mol. The van der Waals surface area contributed by atoms with Gasteiger partial charge >= 0.3 is 0 Å². The van der Waals surface area contributed by atoms with E-state index in [0.29, 0.717) is 12.6 Å². The van der Waals surface area contributed by atoms with E-state index < -0.39 is 0 Å². The van der Waals surface area contributed by atoms with Crippen molar-refractivity contribution >= 4 is 17.7 Å². The van der Waals surface area contributed by atoms with Crippen molar-refractivity contribution in [3.8, 4) is 11.5 Å². The Bertz CT molecular complexity index is 579. The molecule has 1 aromatic carbocycles. The number of nitrogens with one attached hydrogen (secondary N) is 2. The molecule has 0 radical (unpaired) electrons. The van der Waals surface area contributed by atoms with Gasteiger partial charge in [0, 0.05) is 31.3 Å². The zero-order chi connectivity index (χ0) is 16.8. The predicted octanol–water partition coefficient (Wildman–Crippen LogP) is 2.80. The van der Waals surface area contributed by atoms with Gasteiger partial charge in [-0.05, 0) is 43.2 Å². The zero-order valence-electron chi connectivity index (χ0n) is 14.5. The van der Waals surface area contributed by atoms with Crippen molar-refractivity contribution in [2.75, 3.05) is 26.5 Å². The van der Waals surface area contributed by atoms with Gasteiger partial charge in [0.1, 0.15) is 0 Å². The van der Waals surface area contributed by atoms with Crippen molar-refractivity contribution < 1.29 is 9.47 Å². The molecule has 2 aliphatic rings. The molecule has 1 aliphatic carbocycles. The topological polar surface area (TPSA) is 54.9 Å². The van der Waals surface area contributed by atoms with Gasteiger partial charge < -0.3 is 20.1 Å². The minimum absolute atomic E-state index is 0.525. The molecule has 1 aromatic rings. The second kappa shape index (κ2) is 8.51. The number of thioether (sulfide) groups is 1. The van der Waals surface area contributed by atoms with Crippen LogP contribution in [0.2, 0.25) is 0 Å². The third-order valence-electron chi connectivity index (χ3n) is 4.55. The Morgan fingerprint density at radius 1 is 1.25 bits per heavy atom. The number of hydrogen-bond donors (Lipinski definition) is 2. The molecule has 1 fully saturated rings. The molecule has 0 spiro atoms. The Hall–Kier alpha value is -1.56. The first-order valence-corrected chi connectivity index (χ1v) is 9.96. The predicted molar refractivity (Wildman–Crippen MR) is 100 cm³/mol. The van der Waals surface area contributed by atoms with Gasteiger partial charge in [0.25, 0.3) is 0 Å². The van der Waals surface area contributed by atoms with Crippen LogP contribution < -0.4 is 20.1 Å². The second-order valence-electron chi connectivity index (χ2n) is 6.27. The van der Waals surface area contributed by atoms with Crippen molar-refractivity contribution in [2.45, 2.75) is 43.5 Å². The third kappa shape index (κ3) is 4.50. The van der Waals surface area contributed by atoms with E-state index in [0.717, 1.165) is 47.8 Å². The van der Waals surface area contributed by atoms with Gasteiger partial charge in [-0.2, -0.15) is 11.8 Å². The van der Waals surface area contributed by atoms with Gasteiger partial charge in [-0.15, -0.1) is 0 Å². The van der Waals surface area contributed by atoms with Gasteiger partial charge in [0.05, 0.1) is 13.2 Å². The van der Waals surface area contributed by atoms with E-state index in [1.807, 2.05) is 24.9 Å². The van der Waals surface area contributed by atoms with E-state index in [1.54, 1.807) is 0 Å². The number of nitrogens with zero attached hydrogens (tertiary/aromatic N) is 1. The first-order chi connectivity index (χ1) is 11.8. The molecule has 132 valence electrons. The monoisotopic (exact) mass is 349 g/mol. The highest BCUT2D eigenvalue weighted by molar-refractivity contribution is 7.99. The van der Waals surface area contributed by atoms with Crippen LogP contribution in [0, 0.1) is 0 Å². The highest BCUT2D eigenvalue weighted by Crippen LogP contribution is 2.30. The largest absolute Gasteiger partial charge is 0.490 e. The molecular weight excluding hydrogens is 322 g/mol. The lowest BCUT2D eigenvalue weighted by Gasteiger charge is -2.17. The Morgan fingerprint density at radius 3 is 2.83 bits per heavy atom. The summed E-state index contributed by atoms with van der Waals surface area (Å²) in [7, 11) is 1.82. The molecule has 1 heterocycles. The number of fused-ring (bicyclic) bond motifs is 1. The normalized spacial score (nSPS) is 23.7. The fraction of sp³-hybridized carbons (Fsp3) is 0.611. The van der Waals surface area contributed by atoms with Crippen molar-refractivity contribution in [1.82, 2.24) is 10.6 Å². The van der Waals surface area contributed by atoms with Gasteiger partial charge in [-0.25, -0.2) is 0 Å². The summed E-state index contributed by atoms with van der Waals surface area (Å²) in [4.78, 5) is 4.35. The molecule has 24 heavy (non-hydrogen) atoms. The zero-order valence-corrected chi connectivity index (χ0v) is 15.3. The van der Waals surface area contributed by atoms with Crippen LogP contribution in [0.15, 0.2) is 23.2 Å². The molecule has 2 unspecified atom stereocenters. The second-order valence-corrected chi connectivity index (χ2v) is 7.41. The Balaban J connectivity index is 1.53. The number of guanidine groups is 1. The SMILES string of the molecule is CN=C(NCc1ccc2c(c1)OCCCO2)NC1CCC(SC)C1.